The molecule has 4 aliphatic rings. The molecule has 1 aromatic carbocycles. The molecule has 1 atom stereocenters. The molecule has 2 aromatic rings. The summed E-state index contributed by atoms with van der Waals surface area (Å²) in [5.41, 5.74) is 4.91. The lowest BCUT2D eigenvalue weighted by Gasteiger charge is -2.42. The highest BCUT2D eigenvalue weighted by molar-refractivity contribution is 7.85. The highest BCUT2D eigenvalue weighted by atomic mass is 32.2. The molecular weight excluding hydrogens is 422 g/mol. The van der Waals surface area contributed by atoms with Gasteiger partial charge in [-0.15, -0.1) is 0 Å². The molecule has 0 spiro atoms. The van der Waals surface area contributed by atoms with E-state index < -0.39 is 10.8 Å². The van der Waals surface area contributed by atoms with Crippen molar-refractivity contribution in [2.24, 2.45) is 0 Å². The Labute approximate surface area is 191 Å². The maximum Gasteiger partial charge on any atom is 0.227 e. The second kappa shape index (κ2) is 7.99. The van der Waals surface area contributed by atoms with E-state index in [0.29, 0.717) is 11.6 Å². The molecule has 32 heavy (non-hydrogen) atoms. The first-order valence-electron chi connectivity index (χ1n) is 11.9. The lowest BCUT2D eigenvalue weighted by Crippen LogP contribution is -2.49. The predicted molar refractivity (Wildman–Crippen MR) is 127 cm³/mol. The molecule has 0 amide bonds. The van der Waals surface area contributed by atoms with Crippen molar-refractivity contribution in [3.63, 3.8) is 0 Å². The monoisotopic (exact) mass is 453 g/mol. The maximum atomic E-state index is 12.8. The highest BCUT2D eigenvalue weighted by Gasteiger charge is 2.38. The van der Waals surface area contributed by atoms with Gasteiger partial charge in [0.15, 0.2) is 0 Å². The number of hydrogen-bond donors (Lipinski definition) is 2. The van der Waals surface area contributed by atoms with Crippen LogP contribution in [0.1, 0.15) is 42.5 Å². The number of aliphatic hydroxyl groups is 1. The van der Waals surface area contributed by atoms with Crippen LogP contribution >= 0.6 is 0 Å². The Kier molecular flexibility index (Phi) is 5.10. The largest absolute Gasteiger partial charge is 0.394 e. The smallest absolute Gasteiger partial charge is 0.227 e. The first-order valence-corrected chi connectivity index (χ1v) is 13.3. The van der Waals surface area contributed by atoms with Gasteiger partial charge in [0.2, 0.25) is 5.95 Å². The van der Waals surface area contributed by atoms with E-state index in [1.807, 2.05) is 0 Å². The van der Waals surface area contributed by atoms with E-state index in [1.165, 1.54) is 29.7 Å². The second-order valence-corrected chi connectivity index (χ2v) is 11.2. The Balaban J connectivity index is 1.24. The Bertz CT molecular complexity index is 1060. The zero-order chi connectivity index (χ0) is 21.7. The fourth-order valence-corrected chi connectivity index (χ4v) is 6.65. The van der Waals surface area contributed by atoms with Gasteiger partial charge in [-0.25, -0.2) is 4.98 Å². The summed E-state index contributed by atoms with van der Waals surface area (Å²) >= 11 is 0. The van der Waals surface area contributed by atoms with Crippen LogP contribution in [0.3, 0.4) is 0 Å². The van der Waals surface area contributed by atoms with E-state index >= 15 is 0 Å². The van der Waals surface area contributed by atoms with E-state index in [1.54, 1.807) is 0 Å². The Morgan fingerprint density at radius 1 is 1.00 bits per heavy atom. The minimum absolute atomic E-state index is 0.0766. The average molecular weight is 454 g/mol. The van der Waals surface area contributed by atoms with E-state index in [2.05, 4.69) is 33.3 Å². The zero-order valence-corrected chi connectivity index (χ0v) is 19.3. The Morgan fingerprint density at radius 3 is 2.44 bits per heavy atom. The number of aliphatic hydroxyl groups excluding tert-OH is 1. The van der Waals surface area contributed by atoms with Gasteiger partial charge in [-0.2, -0.15) is 4.98 Å². The number of piperazine rings is 1. The van der Waals surface area contributed by atoms with Gasteiger partial charge in [0.05, 0.1) is 28.6 Å². The third kappa shape index (κ3) is 3.48. The molecule has 2 N–H and O–H groups in total. The van der Waals surface area contributed by atoms with Gasteiger partial charge in [0, 0.05) is 37.6 Å². The molecule has 3 heterocycles. The molecule has 0 bridgehead atoms. The van der Waals surface area contributed by atoms with Crippen molar-refractivity contribution in [1.29, 1.82) is 0 Å². The number of hydrogen-bond acceptors (Lipinski definition) is 7. The lowest BCUT2D eigenvalue weighted by atomic mass is 9.77. The third-order valence-electron chi connectivity index (χ3n) is 7.67. The SMILES string of the molecule is O=S1CCCc2nc(N3CCN(c4ccc5c(c4)CC5)CC3)nc(NC3(CO)CCC3)c21. The normalized spacial score (nSPS) is 23.6. The molecule has 1 unspecified atom stereocenters. The van der Waals surface area contributed by atoms with Gasteiger partial charge >= 0.3 is 0 Å². The second-order valence-electron chi connectivity index (χ2n) is 9.65. The summed E-state index contributed by atoms with van der Waals surface area (Å²) in [5, 5.41) is 13.5. The fourth-order valence-electron chi connectivity index (χ4n) is 5.31. The van der Waals surface area contributed by atoms with Gasteiger partial charge in [0.1, 0.15) is 10.7 Å². The number of nitrogens with one attached hydrogen (secondary N) is 1. The summed E-state index contributed by atoms with van der Waals surface area (Å²) in [6, 6.07) is 6.89. The minimum atomic E-state index is -1.08. The van der Waals surface area contributed by atoms with Crippen LogP contribution in [0.15, 0.2) is 23.1 Å². The van der Waals surface area contributed by atoms with Crippen LogP contribution in [-0.2, 0) is 30.1 Å². The molecule has 2 fully saturated rings. The molecule has 1 saturated heterocycles. The summed E-state index contributed by atoms with van der Waals surface area (Å²) < 4.78 is 12.8. The maximum absolute atomic E-state index is 12.8. The van der Waals surface area contributed by atoms with Gasteiger partial charge in [-0.1, -0.05) is 6.07 Å². The minimum Gasteiger partial charge on any atom is -0.394 e. The summed E-state index contributed by atoms with van der Waals surface area (Å²) in [6.45, 7) is 3.68. The fraction of sp³-hybridized carbons (Fsp3) is 0.583. The third-order valence-corrected chi connectivity index (χ3v) is 9.22. The van der Waals surface area contributed by atoms with Crippen LogP contribution in [0.5, 0.6) is 0 Å². The van der Waals surface area contributed by atoms with Crippen LogP contribution in [0.4, 0.5) is 17.5 Å². The van der Waals surface area contributed by atoms with Crippen LogP contribution in [-0.4, -0.2) is 63.4 Å². The van der Waals surface area contributed by atoms with Crippen molar-refractivity contribution in [2.75, 3.05) is 53.7 Å². The van der Waals surface area contributed by atoms with Crippen molar-refractivity contribution in [3.05, 3.63) is 35.0 Å². The molecule has 8 heteroatoms. The topological polar surface area (TPSA) is 81.6 Å². The van der Waals surface area contributed by atoms with Crippen LogP contribution in [0, 0.1) is 0 Å². The molecule has 1 saturated carbocycles. The van der Waals surface area contributed by atoms with Crippen molar-refractivity contribution in [1.82, 2.24) is 9.97 Å². The molecule has 6 rings (SSSR count). The zero-order valence-electron chi connectivity index (χ0n) is 18.5. The number of nitrogens with zero attached hydrogens (tertiary/aromatic N) is 4. The average Bonchev–Trinajstić information content (AvgIpc) is 2.77. The van der Waals surface area contributed by atoms with E-state index in [4.69, 9.17) is 9.97 Å². The number of anilines is 3. The Morgan fingerprint density at radius 2 is 1.78 bits per heavy atom. The molecular formula is C24H31N5O2S. The molecule has 170 valence electrons. The molecule has 1 aromatic heterocycles. The molecule has 0 radical (unpaired) electrons. The van der Waals surface area contributed by atoms with Crippen molar-refractivity contribution in [2.45, 2.75) is 55.4 Å². The summed E-state index contributed by atoms with van der Waals surface area (Å²) in [7, 11) is -1.08. The van der Waals surface area contributed by atoms with Crippen molar-refractivity contribution in [3.8, 4) is 0 Å². The van der Waals surface area contributed by atoms with Gasteiger partial charge in [-0.05, 0) is 68.2 Å². The van der Waals surface area contributed by atoms with Gasteiger partial charge < -0.3 is 20.2 Å². The number of fused-ring (bicyclic) bond motifs is 2. The van der Waals surface area contributed by atoms with E-state index in [-0.39, 0.29) is 12.1 Å². The standard InChI is InChI=1S/C24H31N5O2S/c30-16-24(8-2-9-24)27-22-21-20(3-1-14-32(21)31)25-23(26-22)29-12-10-28(11-13-29)19-7-6-17-4-5-18(17)15-19/h6-7,15,30H,1-5,8-14,16H2,(H,25,26,27). The van der Waals surface area contributed by atoms with E-state index in [0.717, 1.165) is 74.8 Å². The van der Waals surface area contributed by atoms with Crippen LogP contribution in [0.2, 0.25) is 0 Å². The molecule has 7 nitrogen and oxygen atoms in total. The van der Waals surface area contributed by atoms with Gasteiger partial charge in [-0.3, -0.25) is 4.21 Å². The molecule has 2 aliphatic carbocycles. The van der Waals surface area contributed by atoms with Crippen molar-refractivity contribution < 1.29 is 9.32 Å². The number of rotatable bonds is 5. The Hall–Kier alpha value is -2.19. The summed E-state index contributed by atoms with van der Waals surface area (Å²) in [5.74, 6) is 2.08. The first-order chi connectivity index (χ1) is 15.6. The number of aromatic nitrogens is 2. The summed E-state index contributed by atoms with van der Waals surface area (Å²) in [4.78, 5) is 15.2. The first kappa shape index (κ1) is 20.4. The van der Waals surface area contributed by atoms with Crippen LogP contribution in [0.25, 0.3) is 0 Å². The quantitative estimate of drug-likeness (QED) is 0.719. The van der Waals surface area contributed by atoms with Gasteiger partial charge in [0.25, 0.3) is 0 Å². The highest BCUT2D eigenvalue weighted by Crippen LogP contribution is 2.38. The number of benzene rings is 1. The summed E-state index contributed by atoms with van der Waals surface area (Å²) in [6.07, 6.45) is 7.10. The lowest BCUT2D eigenvalue weighted by molar-refractivity contribution is 0.143. The molecule has 2 aliphatic heterocycles. The van der Waals surface area contributed by atoms with E-state index in [9.17, 15) is 9.32 Å². The predicted octanol–water partition coefficient (Wildman–Crippen LogP) is 2.28. The number of aryl methyl sites for hydroxylation is 3. The van der Waals surface area contributed by atoms with Crippen LogP contribution < -0.4 is 15.1 Å². The van der Waals surface area contributed by atoms with Crippen molar-refractivity contribution >= 4 is 28.3 Å².